The van der Waals surface area contributed by atoms with Crippen molar-refractivity contribution in [3.63, 3.8) is 0 Å². The first kappa shape index (κ1) is 64.2. The summed E-state index contributed by atoms with van der Waals surface area (Å²) in [6.45, 7) is 8.92. The van der Waals surface area contributed by atoms with E-state index in [2.05, 4.69) is 27.7 Å². The van der Waals surface area contributed by atoms with Gasteiger partial charge in [-0.15, -0.1) is 0 Å². The van der Waals surface area contributed by atoms with E-state index in [-0.39, 0.29) is 56.2 Å². The van der Waals surface area contributed by atoms with Crippen molar-refractivity contribution in [2.24, 2.45) is 0 Å². The predicted molar refractivity (Wildman–Crippen MR) is 338 cm³/mol. The summed E-state index contributed by atoms with van der Waals surface area (Å²) in [5.74, 6) is -4.44. The molecule has 2 N–H and O–H groups in total. The number of carboxylic acid groups (broad SMARTS) is 2. The Kier molecular flexibility index (Phi) is 26.0. The van der Waals surface area contributed by atoms with Gasteiger partial charge in [-0.05, 0) is 71.5 Å². The van der Waals surface area contributed by atoms with Gasteiger partial charge < -0.3 is 10.2 Å². The average molecular weight is 1120 g/mol. The molecule has 5 aromatic rings. The van der Waals surface area contributed by atoms with E-state index in [1.807, 2.05) is 0 Å². The Balaban J connectivity index is 1.23. The van der Waals surface area contributed by atoms with Gasteiger partial charge in [0.25, 0.3) is 23.6 Å². The van der Waals surface area contributed by atoms with Crippen molar-refractivity contribution < 1.29 is 39.0 Å². The third kappa shape index (κ3) is 15.7. The summed E-state index contributed by atoms with van der Waals surface area (Å²) in [6.07, 6.45) is 44.1. The van der Waals surface area contributed by atoms with Crippen LogP contribution in [-0.2, 0) is 0 Å². The van der Waals surface area contributed by atoms with Gasteiger partial charge >= 0.3 is 11.9 Å². The molecule has 0 bridgehead atoms. The maximum Gasteiger partial charge on any atom is 0.336 e. The maximum atomic E-state index is 15.2. The number of aromatic carboxylic acids is 2. The van der Waals surface area contributed by atoms with Crippen LogP contribution in [-0.4, -0.2) is 67.7 Å². The Morgan fingerprint density at radius 2 is 0.549 bits per heavy atom. The number of fused-ring (bicyclic) bond motifs is 2. The van der Waals surface area contributed by atoms with Crippen molar-refractivity contribution >= 4 is 78.7 Å². The van der Waals surface area contributed by atoms with Gasteiger partial charge in [-0.25, -0.2) is 9.59 Å². The highest BCUT2D eigenvalue weighted by atomic mass is 16.4. The van der Waals surface area contributed by atoms with Crippen LogP contribution in [0, 0.1) is 0 Å². The molecule has 10 heteroatoms. The van der Waals surface area contributed by atoms with Crippen LogP contribution in [0.15, 0.2) is 36.4 Å². The van der Waals surface area contributed by atoms with Crippen LogP contribution in [0.25, 0.3) is 43.1 Å². The van der Waals surface area contributed by atoms with E-state index in [0.29, 0.717) is 58.0 Å². The van der Waals surface area contributed by atoms with E-state index < -0.39 is 35.6 Å². The van der Waals surface area contributed by atoms with E-state index >= 15 is 19.2 Å². The normalized spacial score (nSPS) is 13.6. The minimum absolute atomic E-state index is 0.119. The summed E-state index contributed by atoms with van der Waals surface area (Å²) in [7, 11) is 0. The highest BCUT2D eigenvalue weighted by Gasteiger charge is 2.42. The number of carbonyl (C=O) groups is 6. The molecule has 2 aliphatic heterocycles. The molecular formula is C72H102N2O8. The summed E-state index contributed by atoms with van der Waals surface area (Å²) in [5.41, 5.74) is 0.499. The molecule has 82 heavy (non-hydrogen) atoms. The third-order valence-electron chi connectivity index (χ3n) is 18.7. The molecule has 0 spiro atoms. The molecule has 0 saturated heterocycles. The number of rotatable bonds is 44. The van der Waals surface area contributed by atoms with Gasteiger partial charge in [0.1, 0.15) is 0 Å². The lowest BCUT2D eigenvalue weighted by Gasteiger charge is -2.36. The van der Waals surface area contributed by atoms with Crippen molar-refractivity contribution in [2.45, 2.75) is 297 Å². The number of amides is 4. The van der Waals surface area contributed by atoms with Crippen molar-refractivity contribution in [3.8, 4) is 0 Å². The molecule has 10 nitrogen and oxygen atoms in total. The van der Waals surface area contributed by atoms with E-state index in [1.54, 1.807) is 24.3 Å². The third-order valence-corrected chi connectivity index (χ3v) is 18.7. The summed E-state index contributed by atoms with van der Waals surface area (Å²) in [6, 6.07) is 8.86. The fourth-order valence-electron chi connectivity index (χ4n) is 14.1. The van der Waals surface area contributed by atoms with E-state index in [1.165, 1.54) is 176 Å². The molecule has 0 radical (unpaired) electrons. The van der Waals surface area contributed by atoms with Crippen molar-refractivity contribution in [2.75, 3.05) is 0 Å². The number of benzene rings is 5. The van der Waals surface area contributed by atoms with E-state index in [0.717, 1.165) is 77.0 Å². The Morgan fingerprint density at radius 1 is 0.317 bits per heavy atom. The highest BCUT2D eigenvalue weighted by Crippen LogP contribution is 2.49. The smallest absolute Gasteiger partial charge is 0.336 e. The van der Waals surface area contributed by atoms with Gasteiger partial charge in [0, 0.05) is 55.9 Å². The minimum atomic E-state index is -1.28. The Hall–Kier alpha value is -5.38. The minimum Gasteiger partial charge on any atom is -0.478 e. The number of carbonyl (C=O) groups excluding carboxylic acids is 4. The summed E-state index contributed by atoms with van der Waals surface area (Å²) in [4.78, 5) is 91.1. The quantitative estimate of drug-likeness (QED) is 0.0169. The van der Waals surface area contributed by atoms with Crippen LogP contribution < -0.4 is 0 Å². The van der Waals surface area contributed by atoms with Gasteiger partial charge in [0.2, 0.25) is 0 Å². The van der Waals surface area contributed by atoms with Crippen molar-refractivity contribution in [1.29, 1.82) is 0 Å². The molecule has 0 aliphatic carbocycles. The molecule has 0 fully saturated rings. The molecule has 0 atom stereocenters. The predicted octanol–water partition coefficient (Wildman–Crippen LogP) is 20.7. The topological polar surface area (TPSA) is 149 Å². The van der Waals surface area contributed by atoms with Crippen molar-refractivity contribution in [3.05, 3.63) is 69.8 Å². The lowest BCUT2D eigenvalue weighted by Crippen LogP contribution is -2.47. The zero-order valence-corrected chi connectivity index (χ0v) is 51.1. The van der Waals surface area contributed by atoms with Crippen LogP contribution in [0.2, 0.25) is 0 Å². The fraction of sp³-hybridized carbons (Fsp3) is 0.639. The molecule has 0 unspecified atom stereocenters. The monoisotopic (exact) mass is 1120 g/mol. The molecule has 0 aromatic heterocycles. The summed E-state index contributed by atoms with van der Waals surface area (Å²) < 4.78 is 0. The zero-order valence-electron chi connectivity index (χ0n) is 51.1. The second-order valence-electron chi connectivity index (χ2n) is 24.9. The summed E-state index contributed by atoms with van der Waals surface area (Å²) >= 11 is 0. The van der Waals surface area contributed by atoms with Gasteiger partial charge in [0.15, 0.2) is 0 Å². The first-order chi connectivity index (χ1) is 40.0. The number of carboxylic acids is 2. The SMILES string of the molecule is CCCCCCCCCCCC(CCCCCCCCCCC)N1C(=O)c2ccc3c4c(C(=O)O)cc5c6c(ccc(c7c(C(=O)O)cc(c2c37)C1=O)c64)C(=O)N(C(CCCCCCCCCCC)CCCCCCCCCCC)C5=O. The second kappa shape index (κ2) is 33.2. The van der Waals surface area contributed by atoms with Crippen LogP contribution >= 0.6 is 0 Å². The molecule has 7 rings (SSSR count). The maximum absolute atomic E-state index is 15.2. The largest absolute Gasteiger partial charge is 0.478 e. The lowest BCUT2D eigenvalue weighted by atomic mass is 9.79. The van der Waals surface area contributed by atoms with E-state index in [4.69, 9.17) is 0 Å². The van der Waals surface area contributed by atoms with Crippen molar-refractivity contribution in [1.82, 2.24) is 9.80 Å². The molecule has 2 aliphatic rings. The Morgan fingerprint density at radius 3 is 0.793 bits per heavy atom. The van der Waals surface area contributed by atoms with Crippen LogP contribution in [0.5, 0.6) is 0 Å². The van der Waals surface area contributed by atoms with Gasteiger partial charge in [-0.3, -0.25) is 29.0 Å². The van der Waals surface area contributed by atoms with Gasteiger partial charge in [0.05, 0.1) is 11.1 Å². The van der Waals surface area contributed by atoms with Crippen LogP contribution in [0.1, 0.15) is 347 Å². The number of hydrogen-bond donors (Lipinski definition) is 2. The standard InChI is InChI=1S/C72H102N2O8/c1-5-9-13-17-21-25-29-33-37-41-51(42-38-34-30-26-22-18-14-10-6-2)73-67(75)55-47-45-53-62-60(72(81)82)50-58-64-56(48-46-54(66(62)64)61-59(71(79)80)49-57(69(73)77)63(55)65(53)61)68(76)74(70(58)78)52(43-39-35-31-27-23-19-15-11-7-3)44-40-36-32-28-24-20-16-12-8-4/h45-52H,5-44H2,1-4H3,(H,79,80)(H,81,82). The number of imide groups is 2. The Labute approximate surface area is 491 Å². The summed E-state index contributed by atoms with van der Waals surface area (Å²) in [5, 5.41) is 24.9. The average Bonchev–Trinajstić information content (AvgIpc) is 3.51. The van der Waals surface area contributed by atoms with Crippen LogP contribution in [0.3, 0.4) is 0 Å². The number of hydrogen-bond acceptors (Lipinski definition) is 6. The fourth-order valence-corrected chi connectivity index (χ4v) is 14.1. The molecule has 0 saturated carbocycles. The molecular weight excluding hydrogens is 1020 g/mol. The second-order valence-corrected chi connectivity index (χ2v) is 24.9. The number of nitrogens with zero attached hydrogens (tertiary/aromatic N) is 2. The first-order valence-electron chi connectivity index (χ1n) is 33.5. The van der Waals surface area contributed by atoms with E-state index in [9.17, 15) is 19.8 Å². The molecule has 5 aromatic carbocycles. The number of unbranched alkanes of at least 4 members (excludes halogenated alkanes) is 32. The van der Waals surface area contributed by atoms with Crippen LogP contribution in [0.4, 0.5) is 0 Å². The molecule has 448 valence electrons. The first-order valence-corrected chi connectivity index (χ1v) is 33.5. The molecule has 2 heterocycles. The Bertz CT molecular complexity index is 2680. The van der Waals surface area contributed by atoms with Gasteiger partial charge in [-0.1, -0.05) is 271 Å². The zero-order chi connectivity index (χ0) is 58.4. The lowest BCUT2D eigenvalue weighted by molar-refractivity contribution is 0.0501. The highest BCUT2D eigenvalue weighted by molar-refractivity contribution is 6.44. The molecule has 4 amide bonds. The van der Waals surface area contributed by atoms with Gasteiger partial charge in [-0.2, -0.15) is 0 Å².